The molecule has 0 aliphatic heterocycles. The Hall–Kier alpha value is -15.6. The summed E-state index contributed by atoms with van der Waals surface area (Å²) in [5.74, 6) is 0. The molecule has 680 valence electrons. The van der Waals surface area contributed by atoms with E-state index in [9.17, 15) is 0 Å². The molecule has 0 nitrogen and oxygen atoms in total. The van der Waals surface area contributed by atoms with Crippen LogP contribution in [-0.2, 0) is 27.1 Å². The van der Waals surface area contributed by atoms with Crippen LogP contribution in [0.4, 0.5) is 0 Å². The standard InChI is InChI=1S/C32H26.3C28H24.C24H22/c1-32(2,3)31-27-18-10-8-16-25(27)30(26-17-9-11-19-28(26)31)29-23-14-6-4-12-21(23)20-22-13-5-7-15-24(22)29;1-28(2,3)27-24-16-8-6-14-22(24)26(23-15-7-9-17-25(23)27)21-18-10-12-19-11-4-5-13-20(19)21;1-28(2,3)27-24-14-8-6-12-22(24)26(23-13-7-9-15-25(23)27)21-17-16-19-10-4-5-11-20(19)18-21;1-28(2,3)27-18-23-15-14-22(17-26(23)24-10-6-7-11-25(24)27)21-13-12-19-8-4-5-9-20(19)16-21;1-24(2,3)23-20-15-9-7-13-18(20)22(17-11-5-4-6-12-17)19-14-8-10-16-21(19)23/h4-20H,1-3H3;3*4-18H,1-3H3;4-16H,1-3H3. The Morgan fingerprint density at radius 2 is 0.364 bits per heavy atom. The fourth-order valence-electron chi connectivity index (χ4n) is 22.9. The first kappa shape index (κ1) is 90.8. The molecule has 0 unspecified atom stereocenters. The summed E-state index contributed by atoms with van der Waals surface area (Å²) in [5.41, 5.74) is 20.7. The number of rotatable bonds is 5. The van der Waals surface area contributed by atoms with E-state index in [1.165, 1.54) is 245 Å². The summed E-state index contributed by atoms with van der Waals surface area (Å²) >= 11 is 0. The fraction of sp³-hybridized carbons (Fsp3) is 0.143. The molecule has 0 aliphatic carbocycles. The molecule has 140 heavy (non-hydrogen) atoms. The monoisotopic (exact) mass is 1800 g/mol. The number of fused-ring (bicyclic) bond motifs is 16. The second kappa shape index (κ2) is 36.7. The van der Waals surface area contributed by atoms with Gasteiger partial charge in [-0.1, -0.05) is 529 Å². The molecule has 0 saturated carbocycles. The first-order valence-electron chi connectivity index (χ1n) is 49.9. The molecule has 0 saturated heterocycles. The maximum Gasteiger partial charge on any atom is -0.00141 e. The van der Waals surface area contributed by atoms with Gasteiger partial charge in [0.25, 0.3) is 0 Å². The van der Waals surface area contributed by atoms with Crippen LogP contribution in [0.3, 0.4) is 0 Å². The van der Waals surface area contributed by atoms with Gasteiger partial charge in [0, 0.05) is 0 Å². The van der Waals surface area contributed by atoms with Crippen LogP contribution in [0, 0.1) is 0 Å². The van der Waals surface area contributed by atoms with Gasteiger partial charge >= 0.3 is 0 Å². The predicted octanol–water partition coefficient (Wildman–Crippen LogP) is 40.6. The lowest BCUT2D eigenvalue weighted by molar-refractivity contribution is 0.596. The highest BCUT2D eigenvalue weighted by Crippen LogP contribution is 2.52. The van der Waals surface area contributed by atoms with Gasteiger partial charge in [-0.15, -0.1) is 0 Å². The normalized spacial score (nSPS) is 12.1. The summed E-state index contributed by atoms with van der Waals surface area (Å²) in [6.45, 7) is 34.7. The second-order valence-electron chi connectivity index (χ2n) is 43.2. The Labute approximate surface area is 824 Å². The SMILES string of the molecule is CC(C)(C)c1c2ccccc2c(-c2c3ccccc3cc3ccccc23)c2ccccc12.CC(C)(C)c1c2ccccc2c(-c2ccc3ccccc3c2)c2ccccc12.CC(C)(C)c1c2ccccc2c(-c2cccc3ccccc23)c2ccccc12.CC(C)(C)c1c2ccccc2c(-c2ccccc2)c2ccccc12.CC(C)(C)c1cc2ccc(-c3ccc4ccccc4c3)cc2c2ccccc12. The Morgan fingerprint density at radius 1 is 0.114 bits per heavy atom. The first-order chi connectivity index (χ1) is 67.7. The fourth-order valence-corrected chi connectivity index (χ4v) is 22.9. The van der Waals surface area contributed by atoms with Gasteiger partial charge in [-0.05, 0) is 302 Å². The lowest BCUT2D eigenvalue weighted by atomic mass is 9.77. The molecule has 25 aromatic carbocycles. The Morgan fingerprint density at radius 3 is 0.743 bits per heavy atom. The van der Waals surface area contributed by atoms with Crippen LogP contribution in [0.25, 0.3) is 217 Å². The van der Waals surface area contributed by atoms with Crippen LogP contribution in [0.15, 0.2) is 455 Å². The molecule has 0 aliphatic rings. The van der Waals surface area contributed by atoms with E-state index in [4.69, 9.17) is 0 Å². The zero-order chi connectivity index (χ0) is 96.5. The van der Waals surface area contributed by atoms with Gasteiger partial charge < -0.3 is 0 Å². The lowest BCUT2D eigenvalue weighted by Gasteiger charge is -2.27. The van der Waals surface area contributed by atoms with Gasteiger partial charge in [0.15, 0.2) is 0 Å². The van der Waals surface area contributed by atoms with Crippen molar-refractivity contribution in [2.45, 2.75) is 131 Å². The van der Waals surface area contributed by atoms with Crippen molar-refractivity contribution in [2.75, 3.05) is 0 Å². The Bertz CT molecular complexity index is 8820. The molecule has 25 rings (SSSR count). The summed E-state index contributed by atoms with van der Waals surface area (Å²) in [7, 11) is 0. The van der Waals surface area contributed by atoms with Crippen molar-refractivity contribution in [2.24, 2.45) is 0 Å². The zero-order valence-corrected chi connectivity index (χ0v) is 83.3. The third-order valence-electron chi connectivity index (χ3n) is 28.7. The van der Waals surface area contributed by atoms with Crippen molar-refractivity contribution >= 4 is 162 Å². The van der Waals surface area contributed by atoms with Gasteiger partial charge in [-0.2, -0.15) is 0 Å². The molecule has 0 N–H and O–H groups in total. The minimum atomic E-state index is 0.0402. The van der Waals surface area contributed by atoms with Gasteiger partial charge in [-0.25, -0.2) is 0 Å². The molecule has 0 bridgehead atoms. The van der Waals surface area contributed by atoms with Crippen molar-refractivity contribution in [3.05, 3.63) is 483 Å². The van der Waals surface area contributed by atoms with Crippen LogP contribution in [0.2, 0.25) is 0 Å². The summed E-state index contributed by atoms with van der Waals surface area (Å²) < 4.78 is 0. The van der Waals surface area contributed by atoms with Crippen molar-refractivity contribution in [3.63, 3.8) is 0 Å². The number of benzene rings is 25. The van der Waals surface area contributed by atoms with Crippen molar-refractivity contribution < 1.29 is 0 Å². The molecule has 0 heteroatoms. The third-order valence-corrected chi connectivity index (χ3v) is 28.7. The van der Waals surface area contributed by atoms with Crippen molar-refractivity contribution in [1.82, 2.24) is 0 Å². The van der Waals surface area contributed by atoms with Gasteiger partial charge in [0.1, 0.15) is 0 Å². The summed E-state index contributed by atoms with van der Waals surface area (Å²) in [5, 5.41) is 39.8. The number of hydrogen-bond acceptors (Lipinski definition) is 0. The smallest absolute Gasteiger partial charge is 0.00141 e. The average molecular weight is 1800 g/mol. The molecule has 0 fully saturated rings. The maximum atomic E-state index is 2.38. The van der Waals surface area contributed by atoms with Gasteiger partial charge in [-0.3, -0.25) is 0 Å². The maximum absolute atomic E-state index is 2.38. The highest BCUT2D eigenvalue weighted by molar-refractivity contribution is 6.26. The van der Waals surface area contributed by atoms with E-state index in [0.29, 0.717) is 0 Å². The summed E-state index contributed by atoms with van der Waals surface area (Å²) in [6.07, 6.45) is 0. The molecule has 0 spiro atoms. The quantitative estimate of drug-likeness (QED) is 0.119. The second-order valence-corrected chi connectivity index (χ2v) is 43.2. The minimum Gasteiger partial charge on any atom is -0.0622 e. The van der Waals surface area contributed by atoms with E-state index in [-0.39, 0.29) is 27.1 Å². The first-order valence-corrected chi connectivity index (χ1v) is 49.9. The molecular weight excluding hydrogens is 1680 g/mol. The Kier molecular flexibility index (Phi) is 23.8. The van der Waals surface area contributed by atoms with Gasteiger partial charge in [0.2, 0.25) is 0 Å². The molecular formula is C140H120. The van der Waals surface area contributed by atoms with Crippen molar-refractivity contribution in [3.8, 4) is 55.6 Å². The van der Waals surface area contributed by atoms with E-state index >= 15 is 0 Å². The molecule has 0 aromatic heterocycles. The van der Waals surface area contributed by atoms with Crippen molar-refractivity contribution in [1.29, 1.82) is 0 Å². The Balaban J connectivity index is 0.000000104. The number of hydrogen-bond donors (Lipinski definition) is 0. The molecule has 0 atom stereocenters. The van der Waals surface area contributed by atoms with Crippen LogP contribution in [0.1, 0.15) is 132 Å². The summed E-state index contributed by atoms with van der Waals surface area (Å²) in [4.78, 5) is 0. The van der Waals surface area contributed by atoms with E-state index in [1.807, 2.05) is 0 Å². The molecule has 25 aromatic rings. The highest BCUT2D eigenvalue weighted by Gasteiger charge is 2.30. The molecule has 0 amide bonds. The van der Waals surface area contributed by atoms with E-state index in [1.54, 1.807) is 0 Å². The summed E-state index contributed by atoms with van der Waals surface area (Å²) in [6, 6.07) is 166. The van der Waals surface area contributed by atoms with Crippen LogP contribution >= 0.6 is 0 Å². The van der Waals surface area contributed by atoms with Crippen LogP contribution < -0.4 is 0 Å². The topological polar surface area (TPSA) is 0 Å². The van der Waals surface area contributed by atoms with Crippen LogP contribution in [0.5, 0.6) is 0 Å². The van der Waals surface area contributed by atoms with Gasteiger partial charge in [0.05, 0.1) is 0 Å². The molecule has 0 heterocycles. The predicted molar refractivity (Wildman–Crippen MR) is 615 cm³/mol. The lowest BCUT2D eigenvalue weighted by Crippen LogP contribution is -2.13. The highest BCUT2D eigenvalue weighted by atomic mass is 14.3. The van der Waals surface area contributed by atoms with E-state index in [2.05, 4.69) is 559 Å². The molecule has 0 radical (unpaired) electrons. The zero-order valence-electron chi connectivity index (χ0n) is 83.3. The largest absolute Gasteiger partial charge is 0.0622 e. The van der Waals surface area contributed by atoms with Crippen LogP contribution in [-0.4, -0.2) is 0 Å². The van der Waals surface area contributed by atoms with E-state index < -0.39 is 0 Å². The third kappa shape index (κ3) is 17.0. The average Bonchev–Trinajstić information content (AvgIpc) is 0.692. The van der Waals surface area contributed by atoms with E-state index in [0.717, 1.165) is 0 Å². The minimum absolute atomic E-state index is 0.0402.